The van der Waals surface area contributed by atoms with Crippen LogP contribution in [0.15, 0.2) is 29.2 Å². The molecule has 4 nitrogen and oxygen atoms in total. The number of nitrogens with two attached hydrogens (primary N) is 1. The van der Waals surface area contributed by atoms with E-state index in [2.05, 4.69) is 5.32 Å². The van der Waals surface area contributed by atoms with Crippen LogP contribution in [-0.2, 0) is 10.0 Å². The summed E-state index contributed by atoms with van der Waals surface area (Å²) in [7, 11) is -3.60. The number of primary sulfonamides is 1. The van der Waals surface area contributed by atoms with E-state index in [0.717, 1.165) is 18.2 Å². The minimum Gasteiger partial charge on any atom is -0.385 e. The summed E-state index contributed by atoms with van der Waals surface area (Å²) in [5.74, 6) is 0.734. The van der Waals surface area contributed by atoms with E-state index in [1.165, 1.54) is 25.3 Å². The summed E-state index contributed by atoms with van der Waals surface area (Å²) in [6.07, 6.45) is 3.84. The van der Waals surface area contributed by atoms with E-state index >= 15 is 0 Å². The van der Waals surface area contributed by atoms with Crippen LogP contribution in [-0.4, -0.2) is 15.0 Å². The lowest BCUT2D eigenvalue weighted by Gasteiger charge is -2.25. The summed E-state index contributed by atoms with van der Waals surface area (Å²) in [6, 6.07) is 6.63. The Balaban J connectivity index is 2.04. The number of anilines is 1. The average molecular weight is 240 g/mol. The molecule has 0 spiro atoms. The second-order valence-electron chi connectivity index (χ2n) is 4.25. The Labute approximate surface area is 95.9 Å². The fraction of sp³-hybridized carbons (Fsp3) is 0.455. The van der Waals surface area contributed by atoms with E-state index in [1.54, 1.807) is 12.1 Å². The molecule has 0 atom stereocenters. The molecule has 88 valence electrons. The van der Waals surface area contributed by atoms with Crippen molar-refractivity contribution in [3.63, 3.8) is 0 Å². The predicted molar refractivity (Wildman–Crippen MR) is 63.6 cm³/mol. The summed E-state index contributed by atoms with van der Waals surface area (Å²) < 4.78 is 22.3. The molecule has 0 amide bonds. The van der Waals surface area contributed by atoms with Gasteiger partial charge >= 0.3 is 0 Å². The minimum absolute atomic E-state index is 0.158. The van der Waals surface area contributed by atoms with Crippen LogP contribution in [0.1, 0.15) is 19.3 Å². The largest absolute Gasteiger partial charge is 0.385 e. The summed E-state index contributed by atoms with van der Waals surface area (Å²) in [5, 5.41) is 8.30. The second kappa shape index (κ2) is 4.43. The molecule has 1 aliphatic carbocycles. The third-order valence-electron chi connectivity index (χ3n) is 2.98. The van der Waals surface area contributed by atoms with Crippen molar-refractivity contribution in [3.05, 3.63) is 24.3 Å². The first-order valence-corrected chi connectivity index (χ1v) is 6.97. The van der Waals surface area contributed by atoms with Crippen molar-refractivity contribution in [2.24, 2.45) is 11.1 Å². The first-order valence-electron chi connectivity index (χ1n) is 5.42. The SMILES string of the molecule is NS(=O)(=O)c1cccc(NCC2CCC2)c1. The lowest BCUT2D eigenvalue weighted by Crippen LogP contribution is -2.21. The van der Waals surface area contributed by atoms with E-state index in [4.69, 9.17) is 5.14 Å². The van der Waals surface area contributed by atoms with Crippen molar-refractivity contribution >= 4 is 15.7 Å². The predicted octanol–water partition coefficient (Wildman–Crippen LogP) is 1.55. The number of benzene rings is 1. The van der Waals surface area contributed by atoms with Crippen LogP contribution >= 0.6 is 0 Å². The summed E-state index contributed by atoms with van der Waals surface area (Å²) in [4.78, 5) is 0.158. The smallest absolute Gasteiger partial charge is 0.238 e. The van der Waals surface area contributed by atoms with Crippen molar-refractivity contribution in [1.29, 1.82) is 0 Å². The van der Waals surface area contributed by atoms with Gasteiger partial charge in [-0.1, -0.05) is 12.5 Å². The molecule has 1 fully saturated rings. The Morgan fingerprint density at radius 3 is 2.69 bits per heavy atom. The van der Waals surface area contributed by atoms with Crippen LogP contribution < -0.4 is 10.5 Å². The van der Waals surface area contributed by atoms with Crippen molar-refractivity contribution in [2.45, 2.75) is 24.2 Å². The van der Waals surface area contributed by atoms with Gasteiger partial charge in [0, 0.05) is 12.2 Å². The van der Waals surface area contributed by atoms with Crippen LogP contribution in [0.25, 0.3) is 0 Å². The highest BCUT2D eigenvalue weighted by Gasteiger charge is 2.16. The lowest BCUT2D eigenvalue weighted by molar-refractivity contribution is 0.333. The molecule has 0 aromatic heterocycles. The van der Waals surface area contributed by atoms with Crippen molar-refractivity contribution in [2.75, 3.05) is 11.9 Å². The van der Waals surface area contributed by atoms with E-state index in [-0.39, 0.29) is 4.90 Å². The highest BCUT2D eigenvalue weighted by molar-refractivity contribution is 7.89. The number of hydrogen-bond acceptors (Lipinski definition) is 3. The zero-order valence-corrected chi connectivity index (χ0v) is 9.83. The number of sulfonamides is 1. The molecule has 1 aliphatic rings. The van der Waals surface area contributed by atoms with Crippen molar-refractivity contribution in [3.8, 4) is 0 Å². The molecule has 0 bridgehead atoms. The fourth-order valence-electron chi connectivity index (χ4n) is 1.74. The molecule has 2 rings (SSSR count). The first-order chi connectivity index (χ1) is 7.55. The van der Waals surface area contributed by atoms with Crippen LogP contribution in [0.4, 0.5) is 5.69 Å². The Hall–Kier alpha value is -1.07. The van der Waals surface area contributed by atoms with Gasteiger partial charge in [-0.3, -0.25) is 0 Å². The Kier molecular flexibility index (Phi) is 3.16. The monoisotopic (exact) mass is 240 g/mol. The molecule has 0 radical (unpaired) electrons. The van der Waals surface area contributed by atoms with Gasteiger partial charge in [-0.2, -0.15) is 0 Å². The van der Waals surface area contributed by atoms with Crippen molar-refractivity contribution in [1.82, 2.24) is 0 Å². The zero-order valence-electron chi connectivity index (χ0n) is 9.02. The molecule has 16 heavy (non-hydrogen) atoms. The molecule has 0 heterocycles. The molecule has 1 aromatic rings. The van der Waals surface area contributed by atoms with Gasteiger partial charge in [-0.25, -0.2) is 13.6 Å². The highest BCUT2D eigenvalue weighted by Crippen LogP contribution is 2.26. The van der Waals surface area contributed by atoms with E-state index in [9.17, 15) is 8.42 Å². The van der Waals surface area contributed by atoms with E-state index < -0.39 is 10.0 Å². The van der Waals surface area contributed by atoms with E-state index in [1.807, 2.05) is 6.07 Å². The minimum atomic E-state index is -3.60. The van der Waals surface area contributed by atoms with E-state index in [0.29, 0.717) is 0 Å². The maximum Gasteiger partial charge on any atom is 0.238 e. The van der Waals surface area contributed by atoms with Gasteiger partial charge in [0.15, 0.2) is 0 Å². The second-order valence-corrected chi connectivity index (χ2v) is 5.81. The lowest BCUT2D eigenvalue weighted by atomic mass is 9.85. The third-order valence-corrected chi connectivity index (χ3v) is 3.89. The molecule has 0 unspecified atom stereocenters. The summed E-state index contributed by atoms with van der Waals surface area (Å²) in [5.41, 5.74) is 0.818. The molecular weight excluding hydrogens is 224 g/mol. The third kappa shape index (κ3) is 2.74. The summed E-state index contributed by atoms with van der Waals surface area (Å²) in [6.45, 7) is 0.911. The fourth-order valence-corrected chi connectivity index (χ4v) is 2.30. The van der Waals surface area contributed by atoms with Crippen LogP contribution in [0, 0.1) is 5.92 Å². The molecule has 1 saturated carbocycles. The van der Waals surface area contributed by atoms with Gasteiger partial charge in [-0.05, 0) is 37.0 Å². The van der Waals surface area contributed by atoms with Crippen LogP contribution in [0.2, 0.25) is 0 Å². The van der Waals surface area contributed by atoms with Crippen LogP contribution in [0.5, 0.6) is 0 Å². The molecule has 3 N–H and O–H groups in total. The summed E-state index contributed by atoms with van der Waals surface area (Å²) >= 11 is 0. The number of rotatable bonds is 4. The highest BCUT2D eigenvalue weighted by atomic mass is 32.2. The van der Waals surface area contributed by atoms with Gasteiger partial charge in [0.05, 0.1) is 4.90 Å². The van der Waals surface area contributed by atoms with Gasteiger partial charge in [0.25, 0.3) is 0 Å². The van der Waals surface area contributed by atoms with Gasteiger partial charge < -0.3 is 5.32 Å². The Morgan fingerprint density at radius 2 is 2.12 bits per heavy atom. The van der Waals surface area contributed by atoms with Gasteiger partial charge in [0.1, 0.15) is 0 Å². The van der Waals surface area contributed by atoms with Gasteiger partial charge in [0.2, 0.25) is 10.0 Å². The molecule has 5 heteroatoms. The molecule has 0 saturated heterocycles. The van der Waals surface area contributed by atoms with Crippen molar-refractivity contribution < 1.29 is 8.42 Å². The van der Waals surface area contributed by atoms with Gasteiger partial charge in [-0.15, -0.1) is 0 Å². The Bertz CT molecular complexity index is 467. The van der Waals surface area contributed by atoms with Crippen LogP contribution in [0.3, 0.4) is 0 Å². The molecule has 1 aromatic carbocycles. The quantitative estimate of drug-likeness (QED) is 0.838. The normalized spacial score (nSPS) is 16.8. The topological polar surface area (TPSA) is 72.2 Å². The first kappa shape index (κ1) is 11.4. The number of hydrogen-bond donors (Lipinski definition) is 2. The maximum atomic E-state index is 11.1. The molecule has 0 aliphatic heterocycles. The maximum absolute atomic E-state index is 11.1. The zero-order chi connectivity index (χ0) is 11.6. The molecular formula is C11H16N2O2S. The average Bonchev–Trinajstić information content (AvgIpc) is 2.14. The number of nitrogens with one attached hydrogen (secondary N) is 1. The Morgan fingerprint density at radius 1 is 1.38 bits per heavy atom. The standard InChI is InChI=1S/C11H16N2O2S/c12-16(14,15)11-6-2-5-10(7-11)13-8-9-3-1-4-9/h2,5-7,9,13H,1,3-4,8H2,(H2,12,14,15).